The lowest BCUT2D eigenvalue weighted by Gasteiger charge is -2.37. The highest BCUT2D eigenvalue weighted by molar-refractivity contribution is 6.74. The molecule has 1 heterocycles. The number of hydrogen-bond acceptors (Lipinski definition) is 4. The zero-order chi connectivity index (χ0) is 16.4. The maximum absolute atomic E-state index is 12.0. The Morgan fingerprint density at radius 2 is 2.10 bits per heavy atom. The van der Waals surface area contributed by atoms with Crippen LogP contribution in [0.1, 0.15) is 27.7 Å². The molecule has 1 aliphatic heterocycles. The third-order valence-electron chi connectivity index (χ3n) is 4.12. The number of carbonyl (C=O) groups is 2. The van der Waals surface area contributed by atoms with Gasteiger partial charge in [0.15, 0.2) is 21.1 Å². The minimum atomic E-state index is -2.03. The van der Waals surface area contributed by atoms with E-state index in [1.54, 1.807) is 0 Å². The van der Waals surface area contributed by atoms with Crippen LogP contribution in [0.4, 0.5) is 0 Å². The molecule has 1 atom stereocenters. The molecule has 0 aromatic carbocycles. The molecule has 0 unspecified atom stereocenters. The standard InChI is InChI=1S/C13H23N3O4Si/c1-9(15-14)11(17)16-8-19-12(18)10(16)7-20-21(5,6)13(2,3)4/h10H,7-8H2,1-6H3/t10-/m0/s1. The number of amides is 1. The highest BCUT2D eigenvalue weighted by Gasteiger charge is 2.44. The van der Waals surface area contributed by atoms with Gasteiger partial charge >= 0.3 is 17.6 Å². The summed E-state index contributed by atoms with van der Waals surface area (Å²) in [6.07, 6.45) is 0. The average Bonchev–Trinajstić information content (AvgIpc) is 2.74. The Bertz CT molecular complexity index is 492. The normalized spacial score (nSPS) is 19.2. The summed E-state index contributed by atoms with van der Waals surface area (Å²) < 4.78 is 10.9. The summed E-state index contributed by atoms with van der Waals surface area (Å²) in [4.78, 5) is 27.9. The van der Waals surface area contributed by atoms with Crippen molar-refractivity contribution in [3.8, 4) is 0 Å². The van der Waals surface area contributed by atoms with Gasteiger partial charge in [0, 0.05) is 6.92 Å². The van der Waals surface area contributed by atoms with E-state index in [0.29, 0.717) is 0 Å². The summed E-state index contributed by atoms with van der Waals surface area (Å²) in [7, 11) is -2.03. The molecule has 1 saturated heterocycles. The van der Waals surface area contributed by atoms with Crippen molar-refractivity contribution in [1.29, 1.82) is 0 Å². The highest BCUT2D eigenvalue weighted by Crippen LogP contribution is 2.36. The second-order valence-corrected chi connectivity index (χ2v) is 11.4. The number of hydrogen-bond donors (Lipinski definition) is 0. The molecule has 0 spiro atoms. The molecule has 8 heteroatoms. The number of cyclic esters (lactones) is 1. The van der Waals surface area contributed by atoms with E-state index in [1.165, 1.54) is 11.8 Å². The first-order chi connectivity index (χ1) is 9.51. The molecule has 1 fully saturated rings. The van der Waals surface area contributed by atoms with E-state index >= 15 is 0 Å². The summed E-state index contributed by atoms with van der Waals surface area (Å²) in [5.41, 5.74) is 8.58. The van der Waals surface area contributed by atoms with Gasteiger partial charge in [-0.15, -0.1) is 0 Å². The topological polar surface area (TPSA) is 92.2 Å². The Morgan fingerprint density at radius 1 is 1.52 bits per heavy atom. The number of carbonyl (C=O) groups excluding carboxylic acids is 2. The van der Waals surface area contributed by atoms with Crippen LogP contribution in [0.2, 0.25) is 18.1 Å². The highest BCUT2D eigenvalue weighted by atomic mass is 28.4. The number of rotatable bonds is 4. The Morgan fingerprint density at radius 3 is 2.57 bits per heavy atom. The van der Waals surface area contributed by atoms with Crippen LogP contribution in [0.3, 0.4) is 0 Å². The average molecular weight is 313 g/mol. The molecular weight excluding hydrogens is 290 g/mol. The van der Waals surface area contributed by atoms with Crippen molar-refractivity contribution in [1.82, 2.24) is 4.90 Å². The van der Waals surface area contributed by atoms with Crippen LogP contribution in [-0.4, -0.2) is 55.0 Å². The fraction of sp³-hybridized carbons (Fsp3) is 0.769. The van der Waals surface area contributed by atoms with Crippen LogP contribution in [0.25, 0.3) is 5.53 Å². The molecule has 0 radical (unpaired) electrons. The van der Waals surface area contributed by atoms with E-state index in [4.69, 9.17) is 14.7 Å². The molecule has 21 heavy (non-hydrogen) atoms. The number of esters is 1. The first kappa shape index (κ1) is 17.5. The summed E-state index contributed by atoms with van der Waals surface area (Å²) >= 11 is 0. The fourth-order valence-corrected chi connectivity index (χ4v) is 2.57. The van der Waals surface area contributed by atoms with Crippen LogP contribution >= 0.6 is 0 Å². The lowest BCUT2D eigenvalue weighted by molar-refractivity contribution is -0.140. The van der Waals surface area contributed by atoms with E-state index in [0.717, 1.165) is 0 Å². The van der Waals surface area contributed by atoms with Crippen molar-refractivity contribution in [2.45, 2.75) is 51.9 Å². The first-order valence-electron chi connectivity index (χ1n) is 6.81. The van der Waals surface area contributed by atoms with Crippen LogP contribution in [0, 0.1) is 0 Å². The van der Waals surface area contributed by atoms with Crippen molar-refractivity contribution in [3.05, 3.63) is 5.53 Å². The summed E-state index contributed by atoms with van der Waals surface area (Å²) in [6.45, 7) is 11.7. The van der Waals surface area contributed by atoms with Crippen LogP contribution in [0.5, 0.6) is 0 Å². The molecule has 1 amide bonds. The molecule has 1 aliphatic rings. The molecule has 0 saturated carbocycles. The predicted octanol–water partition coefficient (Wildman–Crippen LogP) is 1.41. The van der Waals surface area contributed by atoms with Gasteiger partial charge in [-0.05, 0) is 18.1 Å². The second-order valence-electron chi connectivity index (χ2n) is 6.64. The zero-order valence-corrected chi connectivity index (χ0v) is 14.5. The van der Waals surface area contributed by atoms with Crippen LogP contribution in [-0.2, 0) is 18.8 Å². The molecular formula is C13H23N3O4Si. The van der Waals surface area contributed by atoms with Crippen molar-refractivity contribution in [2.75, 3.05) is 13.3 Å². The van der Waals surface area contributed by atoms with E-state index < -0.39 is 26.2 Å². The van der Waals surface area contributed by atoms with Gasteiger partial charge in [-0.3, -0.25) is 9.69 Å². The minimum Gasteiger partial charge on any atom is -0.443 e. The van der Waals surface area contributed by atoms with Gasteiger partial charge in [0.1, 0.15) is 0 Å². The van der Waals surface area contributed by atoms with E-state index in [1.807, 2.05) is 0 Å². The van der Waals surface area contributed by atoms with Crippen molar-refractivity contribution < 1.29 is 23.5 Å². The summed E-state index contributed by atoms with van der Waals surface area (Å²) in [5.74, 6) is -1.03. The molecule has 0 aliphatic carbocycles. The van der Waals surface area contributed by atoms with Crippen LogP contribution in [0.15, 0.2) is 0 Å². The lowest BCUT2D eigenvalue weighted by Crippen LogP contribution is -2.48. The largest absolute Gasteiger partial charge is 0.443 e. The van der Waals surface area contributed by atoms with Gasteiger partial charge in [0.2, 0.25) is 0 Å². The lowest BCUT2D eigenvalue weighted by atomic mass is 10.2. The molecule has 0 N–H and O–H groups in total. The third kappa shape index (κ3) is 3.78. The van der Waals surface area contributed by atoms with Gasteiger partial charge in [-0.2, -0.15) is 4.79 Å². The Hall–Kier alpha value is -1.50. The maximum Gasteiger partial charge on any atom is 0.353 e. The number of nitrogens with zero attached hydrogens (tertiary/aromatic N) is 3. The van der Waals surface area contributed by atoms with Crippen molar-refractivity contribution in [3.63, 3.8) is 0 Å². The van der Waals surface area contributed by atoms with Gasteiger partial charge < -0.3 is 14.7 Å². The molecule has 1 rings (SSSR count). The fourth-order valence-electron chi connectivity index (χ4n) is 1.56. The van der Waals surface area contributed by atoms with Gasteiger partial charge in [-0.25, -0.2) is 4.79 Å². The van der Waals surface area contributed by atoms with Gasteiger partial charge in [0.25, 0.3) is 0 Å². The zero-order valence-electron chi connectivity index (χ0n) is 13.5. The van der Waals surface area contributed by atoms with E-state index in [9.17, 15) is 9.59 Å². The Kier molecular flexibility index (Phi) is 5.09. The SMILES string of the molecule is CC(=[N+]=[N-])C(=O)N1COC(=O)[C@@H]1CO[Si](C)(C)C(C)(C)C. The summed E-state index contributed by atoms with van der Waals surface area (Å²) in [6, 6.07) is -0.789. The smallest absolute Gasteiger partial charge is 0.353 e. The molecule has 0 aromatic rings. The van der Waals surface area contributed by atoms with Gasteiger partial charge in [0.05, 0.1) is 6.61 Å². The monoisotopic (exact) mass is 313 g/mol. The molecule has 0 aromatic heterocycles. The van der Waals surface area contributed by atoms with Crippen LogP contribution < -0.4 is 0 Å². The third-order valence-corrected chi connectivity index (χ3v) is 8.62. The van der Waals surface area contributed by atoms with E-state index in [-0.39, 0.29) is 24.1 Å². The second kappa shape index (κ2) is 6.09. The molecule has 7 nitrogen and oxygen atoms in total. The number of ether oxygens (including phenoxy) is 1. The maximum atomic E-state index is 12.0. The first-order valence-corrected chi connectivity index (χ1v) is 9.72. The molecule has 118 valence electrons. The van der Waals surface area contributed by atoms with Crippen molar-refractivity contribution >= 4 is 25.9 Å². The van der Waals surface area contributed by atoms with Gasteiger partial charge in [-0.1, -0.05) is 20.8 Å². The Balaban J connectivity index is 2.83. The summed E-state index contributed by atoms with van der Waals surface area (Å²) in [5, 5.41) is 0.00677. The quantitative estimate of drug-likeness (QED) is 0.258. The van der Waals surface area contributed by atoms with E-state index in [2.05, 4.69) is 38.7 Å². The minimum absolute atomic E-state index is 0.00677. The molecule has 0 bridgehead atoms. The van der Waals surface area contributed by atoms with Crippen molar-refractivity contribution in [2.24, 2.45) is 0 Å². The Labute approximate surface area is 126 Å². The predicted molar refractivity (Wildman–Crippen MR) is 79.0 cm³/mol.